The number of hydrogen-bond donors (Lipinski definition) is 3. The summed E-state index contributed by atoms with van der Waals surface area (Å²) in [5, 5.41) is 9.51. The molecule has 0 aliphatic carbocycles. The molecule has 1 atom stereocenters. The van der Waals surface area contributed by atoms with Gasteiger partial charge in [0.15, 0.2) is 5.96 Å². The van der Waals surface area contributed by atoms with E-state index in [-0.39, 0.29) is 5.91 Å². The lowest BCUT2D eigenvalue weighted by molar-refractivity contribution is -0.128. The Labute approximate surface area is 152 Å². The van der Waals surface area contributed by atoms with Crippen LogP contribution in [0.15, 0.2) is 29.3 Å². The van der Waals surface area contributed by atoms with Gasteiger partial charge in [-0.15, -0.1) is 0 Å². The molecule has 0 aliphatic heterocycles. The summed E-state index contributed by atoms with van der Waals surface area (Å²) in [6, 6.07) is 8.57. The Balaban J connectivity index is 2.68. The lowest BCUT2D eigenvalue weighted by Gasteiger charge is -2.22. The van der Waals surface area contributed by atoms with Crippen molar-refractivity contribution in [1.29, 1.82) is 0 Å². The van der Waals surface area contributed by atoms with Crippen LogP contribution in [0.3, 0.4) is 0 Å². The number of aryl methyl sites for hydroxylation is 1. The fourth-order valence-electron chi connectivity index (χ4n) is 2.43. The van der Waals surface area contributed by atoms with Gasteiger partial charge in [-0.1, -0.05) is 36.8 Å². The fourth-order valence-corrected chi connectivity index (χ4v) is 2.43. The van der Waals surface area contributed by atoms with Crippen LogP contribution in [-0.2, 0) is 4.79 Å². The number of benzene rings is 1. The molecule has 0 spiro atoms. The van der Waals surface area contributed by atoms with Gasteiger partial charge in [0, 0.05) is 19.6 Å². The predicted octanol–water partition coefficient (Wildman–Crippen LogP) is 2.82. The van der Waals surface area contributed by atoms with E-state index in [2.05, 4.69) is 59.1 Å². The van der Waals surface area contributed by atoms with Crippen molar-refractivity contribution < 1.29 is 4.79 Å². The molecule has 1 aromatic rings. The number of guanidine groups is 1. The van der Waals surface area contributed by atoms with E-state index in [4.69, 9.17) is 0 Å². The number of nitrogens with one attached hydrogen (secondary N) is 3. The summed E-state index contributed by atoms with van der Waals surface area (Å²) < 4.78 is 0. The molecule has 25 heavy (non-hydrogen) atoms. The zero-order valence-electron chi connectivity index (χ0n) is 16.6. The van der Waals surface area contributed by atoms with E-state index in [0.717, 1.165) is 19.0 Å². The van der Waals surface area contributed by atoms with Crippen molar-refractivity contribution in [3.05, 3.63) is 35.4 Å². The molecule has 0 bridgehead atoms. The summed E-state index contributed by atoms with van der Waals surface area (Å²) in [6.07, 6.45) is 0. The fraction of sp³-hybridized carbons (Fsp3) is 0.600. The Morgan fingerprint density at radius 3 is 2.44 bits per heavy atom. The molecule has 0 radical (unpaired) electrons. The number of carbonyl (C=O) groups is 1. The molecule has 0 fully saturated rings. The van der Waals surface area contributed by atoms with E-state index in [1.807, 2.05) is 27.7 Å². The van der Waals surface area contributed by atoms with Crippen LogP contribution in [0.25, 0.3) is 0 Å². The minimum absolute atomic E-state index is 0.0303. The summed E-state index contributed by atoms with van der Waals surface area (Å²) in [4.78, 5) is 16.7. The highest BCUT2D eigenvalue weighted by Gasteiger charge is 2.26. The van der Waals surface area contributed by atoms with Crippen LogP contribution in [0.2, 0.25) is 0 Å². The second kappa shape index (κ2) is 10.1. The number of amides is 1. The van der Waals surface area contributed by atoms with Gasteiger partial charge >= 0.3 is 0 Å². The van der Waals surface area contributed by atoms with E-state index < -0.39 is 5.41 Å². The minimum Gasteiger partial charge on any atom is -0.357 e. The third kappa shape index (κ3) is 7.16. The SMILES string of the molecule is CCNC(=O)C(C)(C)CN=C(NCC)NCC(C)c1cccc(C)c1. The standard InChI is InChI=1S/C20H34N4O/c1-7-21-18(25)20(5,6)14-24-19(22-8-2)23-13-16(4)17-11-9-10-15(3)12-17/h9-12,16H,7-8,13-14H2,1-6H3,(H,21,25)(H2,22,23,24). The molecule has 5 heteroatoms. The van der Waals surface area contributed by atoms with Gasteiger partial charge in [0.25, 0.3) is 0 Å². The highest BCUT2D eigenvalue weighted by Crippen LogP contribution is 2.16. The van der Waals surface area contributed by atoms with Gasteiger partial charge in [-0.2, -0.15) is 0 Å². The average molecular weight is 347 g/mol. The first-order valence-electron chi connectivity index (χ1n) is 9.17. The number of carbonyl (C=O) groups excluding carboxylic acids is 1. The zero-order chi connectivity index (χ0) is 18.9. The molecule has 3 N–H and O–H groups in total. The number of hydrogen-bond acceptors (Lipinski definition) is 2. The molecule has 1 amide bonds. The van der Waals surface area contributed by atoms with Crippen molar-refractivity contribution in [1.82, 2.24) is 16.0 Å². The Morgan fingerprint density at radius 1 is 1.16 bits per heavy atom. The number of rotatable bonds is 8. The van der Waals surface area contributed by atoms with Crippen molar-refractivity contribution >= 4 is 11.9 Å². The normalized spacial score (nSPS) is 13.3. The summed E-state index contributed by atoms with van der Waals surface area (Å²) >= 11 is 0. The predicted molar refractivity (Wildman–Crippen MR) is 106 cm³/mol. The Hall–Kier alpha value is -2.04. The number of nitrogens with zero attached hydrogens (tertiary/aromatic N) is 1. The van der Waals surface area contributed by atoms with Crippen LogP contribution >= 0.6 is 0 Å². The first-order chi connectivity index (χ1) is 11.8. The number of aliphatic imine (C=N–C) groups is 1. The third-order valence-corrected chi connectivity index (χ3v) is 4.12. The van der Waals surface area contributed by atoms with Gasteiger partial charge in [0.05, 0.1) is 12.0 Å². The second-order valence-corrected chi connectivity index (χ2v) is 7.13. The zero-order valence-corrected chi connectivity index (χ0v) is 16.6. The smallest absolute Gasteiger partial charge is 0.227 e. The largest absolute Gasteiger partial charge is 0.357 e. The highest BCUT2D eigenvalue weighted by molar-refractivity contribution is 5.83. The first kappa shape index (κ1) is 21.0. The van der Waals surface area contributed by atoms with Gasteiger partial charge in [0.2, 0.25) is 5.91 Å². The van der Waals surface area contributed by atoms with Crippen molar-refractivity contribution in [2.24, 2.45) is 10.4 Å². The summed E-state index contributed by atoms with van der Waals surface area (Å²) in [5.74, 6) is 1.15. The van der Waals surface area contributed by atoms with E-state index >= 15 is 0 Å². The molecule has 1 rings (SSSR count). The van der Waals surface area contributed by atoms with Crippen molar-refractivity contribution in [2.45, 2.75) is 47.5 Å². The third-order valence-electron chi connectivity index (χ3n) is 4.12. The molecule has 5 nitrogen and oxygen atoms in total. The molecule has 140 valence electrons. The van der Waals surface area contributed by atoms with Gasteiger partial charge in [-0.25, -0.2) is 0 Å². The molecule has 1 unspecified atom stereocenters. The minimum atomic E-state index is -0.527. The highest BCUT2D eigenvalue weighted by atomic mass is 16.2. The van der Waals surface area contributed by atoms with E-state index in [9.17, 15) is 4.79 Å². The van der Waals surface area contributed by atoms with Gasteiger partial charge in [0.1, 0.15) is 0 Å². The van der Waals surface area contributed by atoms with Crippen molar-refractivity contribution in [2.75, 3.05) is 26.2 Å². The van der Waals surface area contributed by atoms with Crippen LogP contribution in [0.1, 0.15) is 51.7 Å². The summed E-state index contributed by atoms with van der Waals surface area (Å²) in [7, 11) is 0. The summed E-state index contributed by atoms with van der Waals surface area (Å²) in [6.45, 7) is 14.8. The van der Waals surface area contributed by atoms with Crippen LogP contribution in [0.5, 0.6) is 0 Å². The average Bonchev–Trinajstić information content (AvgIpc) is 2.57. The monoisotopic (exact) mass is 346 g/mol. The maximum atomic E-state index is 12.1. The molecule has 0 aromatic heterocycles. The Morgan fingerprint density at radius 2 is 1.84 bits per heavy atom. The molecule has 0 aliphatic rings. The topological polar surface area (TPSA) is 65.5 Å². The van der Waals surface area contributed by atoms with Crippen molar-refractivity contribution in [3.8, 4) is 0 Å². The molecular formula is C20H34N4O. The lowest BCUT2D eigenvalue weighted by atomic mass is 9.92. The van der Waals surface area contributed by atoms with Gasteiger partial charge in [-0.05, 0) is 46.1 Å². The maximum Gasteiger partial charge on any atom is 0.227 e. The molecule has 1 aromatic carbocycles. The second-order valence-electron chi connectivity index (χ2n) is 7.13. The molecule has 0 saturated heterocycles. The van der Waals surface area contributed by atoms with Crippen LogP contribution in [0, 0.1) is 12.3 Å². The molecular weight excluding hydrogens is 312 g/mol. The van der Waals surface area contributed by atoms with E-state index in [1.54, 1.807) is 0 Å². The first-order valence-corrected chi connectivity index (χ1v) is 9.17. The molecule has 0 heterocycles. The summed E-state index contributed by atoms with van der Waals surface area (Å²) in [5.41, 5.74) is 2.06. The van der Waals surface area contributed by atoms with Crippen LogP contribution in [-0.4, -0.2) is 38.0 Å². The maximum absolute atomic E-state index is 12.1. The van der Waals surface area contributed by atoms with E-state index in [1.165, 1.54) is 11.1 Å². The Bertz CT molecular complexity index is 581. The quantitative estimate of drug-likeness (QED) is 0.501. The van der Waals surface area contributed by atoms with E-state index in [0.29, 0.717) is 19.0 Å². The van der Waals surface area contributed by atoms with Crippen LogP contribution in [0.4, 0.5) is 0 Å². The Kier molecular flexibility index (Phi) is 8.46. The molecule has 0 saturated carbocycles. The van der Waals surface area contributed by atoms with Crippen LogP contribution < -0.4 is 16.0 Å². The van der Waals surface area contributed by atoms with Gasteiger partial charge in [-0.3, -0.25) is 9.79 Å². The lowest BCUT2D eigenvalue weighted by Crippen LogP contribution is -2.42. The van der Waals surface area contributed by atoms with Gasteiger partial charge < -0.3 is 16.0 Å². The van der Waals surface area contributed by atoms with Crippen molar-refractivity contribution in [3.63, 3.8) is 0 Å².